The molecule has 0 fully saturated rings. The largest absolute Gasteiger partial charge is 0.426 e. The minimum atomic E-state index is -4.58. The molecule has 2 rings (SSSR count). The second-order valence-corrected chi connectivity index (χ2v) is 4.34. The van der Waals surface area contributed by atoms with Gasteiger partial charge in [-0.3, -0.25) is 9.59 Å². The number of anilines is 1. The van der Waals surface area contributed by atoms with Gasteiger partial charge >= 0.3 is 12.1 Å². The van der Waals surface area contributed by atoms with Crippen molar-refractivity contribution in [1.29, 1.82) is 0 Å². The summed E-state index contributed by atoms with van der Waals surface area (Å²) in [6, 6.07) is 1.93. The van der Waals surface area contributed by atoms with Crippen molar-refractivity contribution in [2.45, 2.75) is 32.4 Å². The van der Waals surface area contributed by atoms with Crippen LogP contribution in [0.3, 0.4) is 0 Å². The fraction of sp³-hybridized carbons (Fsp3) is 0.385. The molecule has 0 unspecified atom stereocenters. The van der Waals surface area contributed by atoms with E-state index in [2.05, 4.69) is 5.32 Å². The van der Waals surface area contributed by atoms with Crippen molar-refractivity contribution in [3.8, 4) is 5.75 Å². The van der Waals surface area contributed by atoms with Crippen LogP contribution in [0.1, 0.15) is 30.9 Å². The minimum Gasteiger partial charge on any atom is -0.426 e. The summed E-state index contributed by atoms with van der Waals surface area (Å²) in [5, 5.41) is 2.22. The maximum Gasteiger partial charge on any atom is 0.418 e. The highest BCUT2D eigenvalue weighted by Crippen LogP contribution is 2.42. The van der Waals surface area contributed by atoms with E-state index in [1.54, 1.807) is 6.92 Å². The molecule has 0 bridgehead atoms. The standard InChI is InChI=1S/C13H12F3NO3/c1-2-11(19)20-9-5-4-8(13(14,15)16)12-7(9)3-6-10(18)17-12/h4-5H,2-3,6H2,1H3,(H,17,18). The number of benzene rings is 1. The Labute approximate surface area is 112 Å². The number of ether oxygens (including phenoxy) is 1. The van der Waals surface area contributed by atoms with E-state index < -0.39 is 23.6 Å². The van der Waals surface area contributed by atoms with Crippen molar-refractivity contribution < 1.29 is 27.5 Å². The van der Waals surface area contributed by atoms with Gasteiger partial charge in [0.1, 0.15) is 5.75 Å². The summed E-state index contributed by atoms with van der Waals surface area (Å²) < 4.78 is 43.7. The number of fused-ring (bicyclic) bond motifs is 1. The summed E-state index contributed by atoms with van der Waals surface area (Å²) in [5.74, 6) is -0.953. The van der Waals surface area contributed by atoms with Gasteiger partial charge < -0.3 is 10.1 Å². The van der Waals surface area contributed by atoms with Gasteiger partial charge in [-0.15, -0.1) is 0 Å². The molecular formula is C13H12F3NO3. The normalized spacial score (nSPS) is 14.5. The van der Waals surface area contributed by atoms with Gasteiger partial charge in [0.25, 0.3) is 0 Å². The molecule has 0 atom stereocenters. The van der Waals surface area contributed by atoms with Crippen LogP contribution in [0.4, 0.5) is 18.9 Å². The number of hydrogen-bond acceptors (Lipinski definition) is 3. The lowest BCUT2D eigenvalue weighted by Crippen LogP contribution is -2.24. The lowest BCUT2D eigenvalue weighted by atomic mass is 9.97. The highest BCUT2D eigenvalue weighted by Gasteiger charge is 2.37. The first kappa shape index (κ1) is 14.4. The van der Waals surface area contributed by atoms with Crippen LogP contribution < -0.4 is 10.1 Å². The molecule has 0 aromatic heterocycles. The Morgan fingerprint density at radius 2 is 2.05 bits per heavy atom. The zero-order valence-corrected chi connectivity index (χ0v) is 10.6. The molecule has 1 aliphatic heterocycles. The zero-order valence-electron chi connectivity index (χ0n) is 10.6. The molecule has 0 spiro atoms. The summed E-state index contributed by atoms with van der Waals surface area (Å²) in [6.07, 6.45) is -4.30. The molecule has 0 radical (unpaired) electrons. The molecule has 7 heteroatoms. The Hall–Kier alpha value is -2.05. The maximum atomic E-state index is 12.9. The van der Waals surface area contributed by atoms with Gasteiger partial charge in [-0.05, 0) is 18.6 Å². The molecule has 1 aliphatic rings. The number of esters is 1. The van der Waals surface area contributed by atoms with Crippen LogP contribution in [0.2, 0.25) is 0 Å². The van der Waals surface area contributed by atoms with Crippen LogP contribution in [0, 0.1) is 0 Å². The van der Waals surface area contributed by atoms with Crippen LogP contribution in [0.25, 0.3) is 0 Å². The van der Waals surface area contributed by atoms with Gasteiger partial charge in [0.05, 0.1) is 11.3 Å². The number of carbonyl (C=O) groups excluding carboxylic acids is 2. The fourth-order valence-electron chi connectivity index (χ4n) is 1.99. The number of halogens is 3. The predicted molar refractivity (Wildman–Crippen MR) is 64.3 cm³/mol. The Morgan fingerprint density at radius 1 is 1.35 bits per heavy atom. The van der Waals surface area contributed by atoms with Crippen molar-refractivity contribution in [2.24, 2.45) is 0 Å². The monoisotopic (exact) mass is 287 g/mol. The van der Waals surface area contributed by atoms with Crippen LogP contribution >= 0.6 is 0 Å². The molecule has 1 N–H and O–H groups in total. The van der Waals surface area contributed by atoms with Gasteiger partial charge in [0, 0.05) is 18.4 Å². The number of alkyl halides is 3. The second kappa shape index (κ2) is 5.15. The molecule has 1 aromatic carbocycles. The van der Waals surface area contributed by atoms with Gasteiger partial charge in [0.15, 0.2) is 0 Å². The lowest BCUT2D eigenvalue weighted by molar-refractivity contribution is -0.137. The van der Waals surface area contributed by atoms with Gasteiger partial charge in [-0.2, -0.15) is 13.2 Å². The van der Waals surface area contributed by atoms with E-state index in [0.717, 1.165) is 12.1 Å². The highest BCUT2D eigenvalue weighted by atomic mass is 19.4. The summed E-state index contributed by atoms with van der Waals surface area (Å²) in [5.41, 5.74) is -1.03. The van der Waals surface area contributed by atoms with Gasteiger partial charge in [0.2, 0.25) is 5.91 Å². The van der Waals surface area contributed by atoms with E-state index in [0.29, 0.717) is 0 Å². The second-order valence-electron chi connectivity index (χ2n) is 4.34. The summed E-state index contributed by atoms with van der Waals surface area (Å²) in [6.45, 7) is 1.58. The Kier molecular flexibility index (Phi) is 3.69. The van der Waals surface area contributed by atoms with Crippen LogP contribution in [0.5, 0.6) is 5.75 Å². The SMILES string of the molecule is CCC(=O)Oc1ccc(C(F)(F)F)c2c1CCC(=O)N2. The summed E-state index contributed by atoms with van der Waals surface area (Å²) in [4.78, 5) is 22.6. The summed E-state index contributed by atoms with van der Waals surface area (Å²) >= 11 is 0. The Bertz CT molecular complexity index is 567. The van der Waals surface area contributed by atoms with Crippen molar-refractivity contribution in [3.63, 3.8) is 0 Å². The average Bonchev–Trinajstić information content (AvgIpc) is 2.36. The van der Waals surface area contributed by atoms with E-state index in [1.807, 2.05) is 0 Å². The highest BCUT2D eigenvalue weighted by molar-refractivity contribution is 5.96. The number of rotatable bonds is 2. The number of carbonyl (C=O) groups is 2. The predicted octanol–water partition coefficient (Wildman–Crippen LogP) is 2.91. The molecule has 20 heavy (non-hydrogen) atoms. The third kappa shape index (κ3) is 2.76. The van der Waals surface area contributed by atoms with Crippen molar-refractivity contribution in [3.05, 3.63) is 23.3 Å². The van der Waals surface area contributed by atoms with E-state index >= 15 is 0 Å². The fourth-order valence-corrected chi connectivity index (χ4v) is 1.99. The molecule has 4 nitrogen and oxygen atoms in total. The van der Waals surface area contributed by atoms with Crippen molar-refractivity contribution in [1.82, 2.24) is 0 Å². The molecule has 108 valence electrons. The van der Waals surface area contributed by atoms with Crippen LogP contribution in [-0.2, 0) is 22.2 Å². The van der Waals surface area contributed by atoms with E-state index in [4.69, 9.17) is 4.74 Å². The van der Waals surface area contributed by atoms with E-state index in [9.17, 15) is 22.8 Å². The first-order valence-electron chi connectivity index (χ1n) is 6.06. The molecule has 1 amide bonds. The smallest absolute Gasteiger partial charge is 0.418 e. The molecule has 0 aliphatic carbocycles. The molecule has 0 saturated carbocycles. The lowest BCUT2D eigenvalue weighted by Gasteiger charge is -2.23. The number of hydrogen-bond donors (Lipinski definition) is 1. The molecule has 1 aromatic rings. The Morgan fingerprint density at radius 3 is 2.65 bits per heavy atom. The van der Waals surface area contributed by atoms with Gasteiger partial charge in [-0.1, -0.05) is 6.92 Å². The summed E-state index contributed by atoms with van der Waals surface area (Å²) in [7, 11) is 0. The van der Waals surface area contributed by atoms with E-state index in [-0.39, 0.29) is 36.3 Å². The van der Waals surface area contributed by atoms with Crippen molar-refractivity contribution >= 4 is 17.6 Å². The molecular weight excluding hydrogens is 275 g/mol. The van der Waals surface area contributed by atoms with Crippen molar-refractivity contribution in [2.75, 3.05) is 5.32 Å². The average molecular weight is 287 g/mol. The first-order chi connectivity index (χ1) is 9.32. The molecule has 1 heterocycles. The molecule has 0 saturated heterocycles. The van der Waals surface area contributed by atoms with E-state index in [1.165, 1.54) is 0 Å². The maximum absolute atomic E-state index is 12.9. The minimum absolute atomic E-state index is 0.0605. The number of amides is 1. The first-order valence-corrected chi connectivity index (χ1v) is 6.06. The van der Waals surface area contributed by atoms with Crippen LogP contribution in [0.15, 0.2) is 12.1 Å². The third-order valence-electron chi connectivity index (χ3n) is 2.95. The van der Waals surface area contributed by atoms with Gasteiger partial charge in [-0.25, -0.2) is 0 Å². The van der Waals surface area contributed by atoms with Crippen LogP contribution in [-0.4, -0.2) is 11.9 Å². The Balaban J connectivity index is 2.51. The topological polar surface area (TPSA) is 55.4 Å². The zero-order chi connectivity index (χ0) is 14.9. The quantitative estimate of drug-likeness (QED) is 0.672. The number of nitrogens with one attached hydrogen (secondary N) is 1. The third-order valence-corrected chi connectivity index (χ3v) is 2.95.